The number of guanidine groups is 1. The van der Waals surface area contributed by atoms with E-state index in [1.165, 1.54) is 51.7 Å². The SMILES string of the molecule is CN=C(NCC1CCCN1C)NC1CCN(C2CC2)C1. The summed E-state index contributed by atoms with van der Waals surface area (Å²) in [6, 6.07) is 2.13. The lowest BCUT2D eigenvalue weighted by Gasteiger charge is -2.23. The standard InChI is InChI=1S/C15H29N5/c1-16-15(17-10-14-4-3-8-19(14)2)18-12-7-9-20(11-12)13-5-6-13/h12-14H,3-11H2,1-2H3,(H2,16,17,18). The zero-order valence-electron chi connectivity index (χ0n) is 12.9. The molecule has 0 bridgehead atoms. The molecule has 0 radical (unpaired) electrons. The molecule has 2 unspecified atom stereocenters. The number of likely N-dealkylation sites (tertiary alicyclic amines) is 2. The van der Waals surface area contributed by atoms with Crippen LogP contribution in [0.15, 0.2) is 4.99 Å². The molecule has 20 heavy (non-hydrogen) atoms. The van der Waals surface area contributed by atoms with Gasteiger partial charge in [0, 0.05) is 44.8 Å². The number of hydrogen-bond acceptors (Lipinski definition) is 3. The van der Waals surface area contributed by atoms with E-state index in [0.29, 0.717) is 12.1 Å². The van der Waals surface area contributed by atoms with Gasteiger partial charge >= 0.3 is 0 Å². The van der Waals surface area contributed by atoms with Crippen molar-refractivity contribution < 1.29 is 0 Å². The zero-order chi connectivity index (χ0) is 13.9. The first-order valence-electron chi connectivity index (χ1n) is 8.17. The molecule has 0 aromatic rings. The Bertz CT molecular complexity index is 352. The number of likely N-dealkylation sites (N-methyl/N-ethyl adjacent to an activating group) is 1. The molecule has 0 aromatic heterocycles. The van der Waals surface area contributed by atoms with Crippen LogP contribution in [0.25, 0.3) is 0 Å². The van der Waals surface area contributed by atoms with Crippen LogP contribution in [0.4, 0.5) is 0 Å². The smallest absolute Gasteiger partial charge is 0.191 e. The molecule has 2 aliphatic heterocycles. The lowest BCUT2D eigenvalue weighted by molar-refractivity contribution is 0.308. The first-order chi connectivity index (χ1) is 9.76. The van der Waals surface area contributed by atoms with E-state index in [9.17, 15) is 0 Å². The first kappa shape index (κ1) is 14.1. The Labute approximate surface area is 122 Å². The minimum atomic E-state index is 0.572. The van der Waals surface area contributed by atoms with E-state index < -0.39 is 0 Å². The first-order valence-corrected chi connectivity index (χ1v) is 8.17. The van der Waals surface area contributed by atoms with Gasteiger partial charge in [0.15, 0.2) is 5.96 Å². The van der Waals surface area contributed by atoms with Crippen molar-refractivity contribution >= 4 is 5.96 Å². The van der Waals surface area contributed by atoms with Crippen molar-refractivity contribution in [2.75, 3.05) is 40.3 Å². The summed E-state index contributed by atoms with van der Waals surface area (Å²) in [5, 5.41) is 7.10. The lowest BCUT2D eigenvalue weighted by Crippen LogP contribution is -2.48. The molecular weight excluding hydrogens is 250 g/mol. The Hall–Kier alpha value is -0.810. The molecule has 1 saturated carbocycles. The van der Waals surface area contributed by atoms with Crippen LogP contribution < -0.4 is 10.6 Å². The molecule has 0 spiro atoms. The fraction of sp³-hybridized carbons (Fsp3) is 0.933. The van der Waals surface area contributed by atoms with Crippen LogP contribution in [0.2, 0.25) is 0 Å². The maximum Gasteiger partial charge on any atom is 0.191 e. The second-order valence-corrected chi connectivity index (χ2v) is 6.59. The van der Waals surface area contributed by atoms with Gasteiger partial charge in [-0.2, -0.15) is 0 Å². The summed E-state index contributed by atoms with van der Waals surface area (Å²) in [7, 11) is 4.10. The highest BCUT2D eigenvalue weighted by atomic mass is 15.3. The number of aliphatic imine (C=N–C) groups is 1. The van der Waals surface area contributed by atoms with Crippen LogP contribution in [0.3, 0.4) is 0 Å². The monoisotopic (exact) mass is 279 g/mol. The highest BCUT2D eigenvalue weighted by Gasteiger charge is 2.34. The van der Waals surface area contributed by atoms with E-state index in [1.807, 2.05) is 7.05 Å². The molecule has 3 rings (SSSR count). The predicted octanol–water partition coefficient (Wildman–Crippen LogP) is 0.482. The third-order valence-electron chi connectivity index (χ3n) is 5.02. The van der Waals surface area contributed by atoms with Gasteiger partial charge in [0.1, 0.15) is 0 Å². The van der Waals surface area contributed by atoms with Crippen LogP contribution in [0.5, 0.6) is 0 Å². The highest BCUT2D eigenvalue weighted by molar-refractivity contribution is 5.80. The summed E-state index contributed by atoms with van der Waals surface area (Å²) >= 11 is 0. The summed E-state index contributed by atoms with van der Waals surface area (Å²) in [6.07, 6.45) is 6.70. The maximum atomic E-state index is 4.38. The third kappa shape index (κ3) is 3.44. The molecule has 0 amide bonds. The van der Waals surface area contributed by atoms with Crippen molar-refractivity contribution in [3.63, 3.8) is 0 Å². The van der Waals surface area contributed by atoms with Gasteiger partial charge in [0.2, 0.25) is 0 Å². The van der Waals surface area contributed by atoms with Crippen molar-refractivity contribution in [2.45, 2.75) is 50.2 Å². The summed E-state index contributed by atoms with van der Waals surface area (Å²) < 4.78 is 0. The van der Waals surface area contributed by atoms with Crippen LogP contribution in [0.1, 0.15) is 32.1 Å². The van der Waals surface area contributed by atoms with Gasteiger partial charge in [-0.1, -0.05) is 0 Å². The summed E-state index contributed by atoms with van der Waals surface area (Å²) in [5.74, 6) is 0.980. The van der Waals surface area contributed by atoms with Crippen molar-refractivity contribution in [3.05, 3.63) is 0 Å². The van der Waals surface area contributed by atoms with E-state index in [0.717, 1.165) is 18.5 Å². The molecule has 0 aromatic carbocycles. The van der Waals surface area contributed by atoms with Gasteiger partial charge < -0.3 is 15.5 Å². The van der Waals surface area contributed by atoms with Gasteiger partial charge in [0.25, 0.3) is 0 Å². The Morgan fingerprint density at radius 3 is 2.70 bits per heavy atom. The Kier molecular flexibility index (Phi) is 4.46. The maximum absolute atomic E-state index is 4.38. The minimum Gasteiger partial charge on any atom is -0.355 e. The van der Waals surface area contributed by atoms with Crippen molar-refractivity contribution in [3.8, 4) is 0 Å². The Balaban J connectivity index is 1.40. The zero-order valence-corrected chi connectivity index (χ0v) is 12.9. The predicted molar refractivity (Wildman–Crippen MR) is 83.1 cm³/mol. The summed E-state index contributed by atoms with van der Waals surface area (Å²) in [6.45, 7) is 4.69. The summed E-state index contributed by atoms with van der Waals surface area (Å²) in [5.41, 5.74) is 0. The van der Waals surface area contributed by atoms with Crippen molar-refractivity contribution in [1.29, 1.82) is 0 Å². The molecule has 5 heteroatoms. The quantitative estimate of drug-likeness (QED) is 0.580. The van der Waals surface area contributed by atoms with Crippen LogP contribution in [-0.4, -0.2) is 74.2 Å². The fourth-order valence-corrected chi connectivity index (χ4v) is 3.52. The number of nitrogens with one attached hydrogen (secondary N) is 2. The molecule has 3 fully saturated rings. The highest BCUT2D eigenvalue weighted by Crippen LogP contribution is 2.29. The molecule has 114 valence electrons. The average molecular weight is 279 g/mol. The molecular formula is C15H29N5. The van der Waals surface area contributed by atoms with E-state index in [-0.39, 0.29) is 0 Å². The Morgan fingerprint density at radius 1 is 1.20 bits per heavy atom. The second-order valence-electron chi connectivity index (χ2n) is 6.59. The average Bonchev–Trinajstić information content (AvgIpc) is 3.07. The van der Waals surface area contributed by atoms with Crippen molar-refractivity contribution in [1.82, 2.24) is 20.4 Å². The van der Waals surface area contributed by atoms with E-state index in [2.05, 4.69) is 32.5 Å². The van der Waals surface area contributed by atoms with Crippen LogP contribution in [-0.2, 0) is 0 Å². The largest absolute Gasteiger partial charge is 0.355 e. The molecule has 2 N–H and O–H groups in total. The third-order valence-corrected chi connectivity index (χ3v) is 5.02. The summed E-state index contributed by atoms with van der Waals surface area (Å²) in [4.78, 5) is 9.46. The van der Waals surface area contributed by atoms with Crippen LogP contribution in [0, 0.1) is 0 Å². The van der Waals surface area contributed by atoms with E-state index >= 15 is 0 Å². The normalized spacial score (nSPS) is 32.8. The molecule has 2 saturated heterocycles. The Morgan fingerprint density at radius 2 is 2.05 bits per heavy atom. The van der Waals surface area contributed by atoms with Gasteiger partial charge in [-0.05, 0) is 45.7 Å². The molecule has 5 nitrogen and oxygen atoms in total. The van der Waals surface area contributed by atoms with E-state index in [1.54, 1.807) is 0 Å². The molecule has 3 aliphatic rings. The van der Waals surface area contributed by atoms with E-state index in [4.69, 9.17) is 0 Å². The van der Waals surface area contributed by atoms with Crippen LogP contribution >= 0.6 is 0 Å². The van der Waals surface area contributed by atoms with Gasteiger partial charge in [0.05, 0.1) is 0 Å². The lowest BCUT2D eigenvalue weighted by atomic mass is 10.2. The molecule has 2 heterocycles. The number of hydrogen-bond donors (Lipinski definition) is 2. The number of nitrogens with zero attached hydrogens (tertiary/aromatic N) is 3. The van der Waals surface area contributed by atoms with Gasteiger partial charge in [-0.15, -0.1) is 0 Å². The molecule has 2 atom stereocenters. The minimum absolute atomic E-state index is 0.572. The topological polar surface area (TPSA) is 42.9 Å². The van der Waals surface area contributed by atoms with Gasteiger partial charge in [-0.3, -0.25) is 9.89 Å². The second kappa shape index (κ2) is 6.31. The van der Waals surface area contributed by atoms with Gasteiger partial charge in [-0.25, -0.2) is 0 Å². The fourth-order valence-electron chi connectivity index (χ4n) is 3.52. The number of rotatable bonds is 4. The molecule has 1 aliphatic carbocycles. The van der Waals surface area contributed by atoms with Crippen molar-refractivity contribution in [2.24, 2.45) is 4.99 Å².